The Kier molecular flexibility index (Phi) is 14.6. The summed E-state index contributed by atoms with van der Waals surface area (Å²) in [4.78, 5) is 20.2. The molecule has 2 aromatic heterocycles. The first-order valence-electron chi connectivity index (χ1n) is 23.6. The molecular formula is C64H60N4. The maximum atomic E-state index is 5.22. The van der Waals surface area contributed by atoms with Crippen LogP contribution >= 0.6 is 0 Å². The Morgan fingerprint density at radius 1 is 0.676 bits per heavy atom. The van der Waals surface area contributed by atoms with Crippen LogP contribution in [-0.2, 0) is 6.42 Å². The molecule has 0 bridgehead atoms. The van der Waals surface area contributed by atoms with E-state index in [0.29, 0.717) is 23.4 Å². The van der Waals surface area contributed by atoms with Crippen LogP contribution in [0.4, 0.5) is 0 Å². The lowest BCUT2D eigenvalue weighted by atomic mass is 9.87. The van der Waals surface area contributed by atoms with Gasteiger partial charge in [0.2, 0.25) is 0 Å². The summed E-state index contributed by atoms with van der Waals surface area (Å²) in [6.45, 7) is 22.6. The van der Waals surface area contributed by atoms with Gasteiger partial charge in [-0.1, -0.05) is 159 Å². The first-order chi connectivity index (χ1) is 33.0. The lowest BCUT2D eigenvalue weighted by Gasteiger charge is -2.19. The fraction of sp³-hybridized carbons (Fsp3) is 0.156. The zero-order valence-corrected chi connectivity index (χ0v) is 40.5. The minimum atomic E-state index is 0.472. The van der Waals surface area contributed by atoms with E-state index < -0.39 is 0 Å². The van der Waals surface area contributed by atoms with Gasteiger partial charge in [0.05, 0.1) is 5.69 Å². The van der Waals surface area contributed by atoms with Crippen molar-refractivity contribution in [2.24, 2.45) is 5.92 Å². The topological polar surface area (TPSA) is 51.6 Å². The Morgan fingerprint density at radius 3 is 2.10 bits per heavy atom. The van der Waals surface area contributed by atoms with Crippen LogP contribution < -0.4 is 10.4 Å². The van der Waals surface area contributed by atoms with Crippen LogP contribution in [-0.4, -0.2) is 19.9 Å². The molecule has 0 radical (unpaired) electrons. The number of fused-ring (bicyclic) bond motifs is 1. The van der Waals surface area contributed by atoms with Gasteiger partial charge in [-0.3, -0.25) is 4.98 Å². The van der Waals surface area contributed by atoms with Crippen molar-refractivity contribution in [1.82, 2.24) is 19.9 Å². The minimum Gasteiger partial charge on any atom is -0.257 e. The van der Waals surface area contributed by atoms with Crippen molar-refractivity contribution in [3.63, 3.8) is 0 Å². The zero-order valence-electron chi connectivity index (χ0n) is 40.5. The van der Waals surface area contributed by atoms with Crippen molar-refractivity contribution in [3.8, 4) is 56.2 Å². The molecule has 5 aromatic carbocycles. The standard InChI is InChI=1S/C53H48N4.C11H12/c1-7-12-37(5)38(6)39-20-22-40(23-21-39)45-31-46(41-16-11-17-42(30-41)48-25-26-54-50-24-19-36(4)29-49(48)50)33-47(32-45)53-56-51(43-15-9-8-13-34(2)27-43)55-52(57-53)44-18-10-14-35(3)28-44;1-4-9(2)11-8-6-5-7-10(11)3/h7,9-28,30-33,36H,8,29H2,1-6H3;4-8H,1,3H2,2H3/b12-7-,38-37-;11-9+. The molecule has 1 unspecified atom stereocenters. The van der Waals surface area contributed by atoms with E-state index in [9.17, 15) is 0 Å². The molecule has 0 fully saturated rings. The van der Waals surface area contributed by atoms with Crippen LogP contribution in [0, 0.1) is 12.8 Å². The van der Waals surface area contributed by atoms with Crippen molar-refractivity contribution in [3.05, 3.63) is 233 Å². The minimum absolute atomic E-state index is 0.472. The second kappa shape index (κ2) is 21.2. The number of hydrogen-bond acceptors (Lipinski definition) is 4. The number of hydrogen-bond donors (Lipinski definition) is 0. The summed E-state index contributed by atoms with van der Waals surface area (Å²) in [6, 6.07) is 43.2. The summed E-state index contributed by atoms with van der Waals surface area (Å²) in [5.74, 6) is 2.42. The van der Waals surface area contributed by atoms with Gasteiger partial charge in [0.15, 0.2) is 17.5 Å². The van der Waals surface area contributed by atoms with Gasteiger partial charge in [0.1, 0.15) is 0 Å². The summed E-state index contributed by atoms with van der Waals surface area (Å²) in [6.07, 6.45) is 23.0. The molecule has 2 aliphatic rings. The average molecular weight is 885 g/mol. The van der Waals surface area contributed by atoms with Gasteiger partial charge < -0.3 is 0 Å². The molecule has 0 saturated heterocycles. The summed E-state index contributed by atoms with van der Waals surface area (Å²) >= 11 is 0. The van der Waals surface area contributed by atoms with Crippen molar-refractivity contribution >= 4 is 29.4 Å². The molecular weight excluding hydrogens is 825 g/mol. The first kappa shape index (κ1) is 46.7. The van der Waals surface area contributed by atoms with Crippen molar-refractivity contribution in [2.45, 2.75) is 61.3 Å². The summed E-state index contributed by atoms with van der Waals surface area (Å²) in [7, 11) is 0. The van der Waals surface area contributed by atoms with Crippen LogP contribution in [0.5, 0.6) is 0 Å². The Morgan fingerprint density at radius 2 is 1.35 bits per heavy atom. The SMILES string of the molecule is C/C=C\C(C)=C(\C)c1ccc(-c2cc(-c3cccc(-c4ccnc5c4CC(C)C=C5)c3)cc(-c3nc(C4=CC(C)=CCC=C4)nc(-c4cccc(C)c4)n3)c2)cc1.C=C/C(C)=c1\ccccc1=C. The third-order valence-electron chi connectivity index (χ3n) is 12.7. The van der Waals surface area contributed by atoms with E-state index in [0.717, 1.165) is 68.3 Å². The van der Waals surface area contributed by atoms with E-state index in [1.165, 1.54) is 49.8 Å². The normalized spacial score (nSPS) is 15.0. The van der Waals surface area contributed by atoms with E-state index in [1.807, 2.05) is 37.4 Å². The molecule has 4 nitrogen and oxygen atoms in total. The fourth-order valence-electron chi connectivity index (χ4n) is 8.76. The Bertz CT molecular complexity index is 3340. The van der Waals surface area contributed by atoms with Crippen molar-refractivity contribution < 1.29 is 0 Å². The first-order valence-corrected chi connectivity index (χ1v) is 23.6. The number of allylic oxidation sites excluding steroid dienone is 12. The highest BCUT2D eigenvalue weighted by Gasteiger charge is 2.19. The Labute approximate surface area is 403 Å². The summed E-state index contributed by atoms with van der Waals surface area (Å²) < 4.78 is 0. The third kappa shape index (κ3) is 10.9. The molecule has 2 heterocycles. The predicted octanol–water partition coefficient (Wildman–Crippen LogP) is 15.2. The molecule has 1 atom stereocenters. The van der Waals surface area contributed by atoms with E-state index >= 15 is 0 Å². The molecule has 4 heteroatoms. The van der Waals surface area contributed by atoms with Crippen LogP contribution in [0.1, 0.15) is 76.2 Å². The highest BCUT2D eigenvalue weighted by atomic mass is 15.0. The molecule has 336 valence electrons. The van der Waals surface area contributed by atoms with E-state index in [1.54, 1.807) is 0 Å². The van der Waals surface area contributed by atoms with Crippen LogP contribution in [0.15, 0.2) is 194 Å². The number of nitrogens with zero attached hydrogens (tertiary/aromatic N) is 4. The molecule has 0 saturated carbocycles. The predicted molar refractivity (Wildman–Crippen MR) is 291 cm³/mol. The number of benzene rings is 5. The molecule has 0 aliphatic heterocycles. The van der Waals surface area contributed by atoms with Gasteiger partial charge in [0, 0.05) is 22.9 Å². The van der Waals surface area contributed by atoms with Crippen molar-refractivity contribution in [1.29, 1.82) is 0 Å². The lowest BCUT2D eigenvalue weighted by Crippen LogP contribution is -2.23. The van der Waals surface area contributed by atoms with Gasteiger partial charge in [0.25, 0.3) is 0 Å². The highest BCUT2D eigenvalue weighted by Crippen LogP contribution is 2.37. The molecule has 9 rings (SSSR count). The monoisotopic (exact) mass is 884 g/mol. The van der Waals surface area contributed by atoms with Gasteiger partial charge >= 0.3 is 0 Å². The second-order valence-electron chi connectivity index (χ2n) is 17.9. The van der Waals surface area contributed by atoms with Gasteiger partial charge in [-0.05, 0) is 181 Å². The molecule has 2 aliphatic carbocycles. The highest BCUT2D eigenvalue weighted by molar-refractivity contribution is 5.84. The quantitative estimate of drug-likeness (QED) is 0.136. The maximum absolute atomic E-state index is 5.22. The Balaban J connectivity index is 0.000000501. The third-order valence-corrected chi connectivity index (χ3v) is 12.7. The lowest BCUT2D eigenvalue weighted by molar-refractivity contribution is 0.714. The smallest absolute Gasteiger partial charge is 0.164 e. The van der Waals surface area contributed by atoms with Gasteiger partial charge in [-0.25, -0.2) is 15.0 Å². The second-order valence-corrected chi connectivity index (χ2v) is 17.9. The van der Waals surface area contributed by atoms with Crippen molar-refractivity contribution in [2.75, 3.05) is 0 Å². The molecule has 0 spiro atoms. The number of aromatic nitrogens is 4. The molecule has 7 aromatic rings. The summed E-state index contributed by atoms with van der Waals surface area (Å²) in [5.41, 5.74) is 19.4. The van der Waals surface area contributed by atoms with Crippen LogP contribution in [0.3, 0.4) is 0 Å². The number of pyridine rings is 1. The van der Waals surface area contributed by atoms with E-state index in [-0.39, 0.29) is 0 Å². The van der Waals surface area contributed by atoms with E-state index in [2.05, 4.69) is 206 Å². The molecule has 68 heavy (non-hydrogen) atoms. The molecule has 0 N–H and O–H groups in total. The van der Waals surface area contributed by atoms with E-state index in [4.69, 9.17) is 19.9 Å². The maximum Gasteiger partial charge on any atom is 0.164 e. The van der Waals surface area contributed by atoms with Crippen LogP contribution in [0.2, 0.25) is 0 Å². The fourth-order valence-corrected chi connectivity index (χ4v) is 8.76. The Hall–Kier alpha value is -7.82. The zero-order chi connectivity index (χ0) is 47.7. The van der Waals surface area contributed by atoms with Gasteiger partial charge in [-0.15, -0.1) is 0 Å². The van der Waals surface area contributed by atoms with Gasteiger partial charge in [-0.2, -0.15) is 0 Å². The number of aryl methyl sites for hydroxylation is 1. The van der Waals surface area contributed by atoms with Crippen LogP contribution in [0.25, 0.3) is 85.5 Å². The average Bonchev–Trinajstić information content (AvgIpc) is 3.60. The largest absolute Gasteiger partial charge is 0.257 e. The molecule has 0 amide bonds. The summed E-state index contributed by atoms with van der Waals surface area (Å²) in [5, 5.41) is 2.24. The number of rotatable bonds is 9.